The van der Waals surface area contributed by atoms with Crippen LogP contribution in [-0.4, -0.2) is 11.7 Å². The zero-order valence-electron chi connectivity index (χ0n) is 8.31. The standard InChI is InChI=1S/C12H10ClFO/c1-9(15)11-7-4-6-10(12(11)14)5-2-3-8-13/h4,6-7H,3,8H2,1H3. The number of hydrogen-bond acceptors (Lipinski definition) is 1. The van der Waals surface area contributed by atoms with Crippen molar-refractivity contribution in [2.75, 3.05) is 5.88 Å². The van der Waals surface area contributed by atoms with Crippen LogP contribution < -0.4 is 0 Å². The highest BCUT2D eigenvalue weighted by Gasteiger charge is 2.09. The molecular weight excluding hydrogens is 215 g/mol. The molecule has 0 amide bonds. The number of rotatable bonds is 2. The molecule has 78 valence electrons. The van der Waals surface area contributed by atoms with Crippen molar-refractivity contribution in [3.63, 3.8) is 0 Å². The second kappa shape index (κ2) is 5.53. The fourth-order valence-corrected chi connectivity index (χ4v) is 1.20. The Hall–Kier alpha value is -1.33. The largest absolute Gasteiger partial charge is 0.294 e. The van der Waals surface area contributed by atoms with E-state index in [0.29, 0.717) is 12.3 Å². The van der Waals surface area contributed by atoms with Crippen molar-refractivity contribution in [1.82, 2.24) is 0 Å². The van der Waals surface area contributed by atoms with E-state index in [-0.39, 0.29) is 16.9 Å². The average molecular weight is 225 g/mol. The van der Waals surface area contributed by atoms with Crippen LogP contribution in [0.5, 0.6) is 0 Å². The molecule has 0 atom stereocenters. The summed E-state index contributed by atoms with van der Waals surface area (Å²) in [4.78, 5) is 11.0. The first kappa shape index (κ1) is 11.7. The highest BCUT2D eigenvalue weighted by Crippen LogP contribution is 2.12. The van der Waals surface area contributed by atoms with E-state index in [1.165, 1.54) is 13.0 Å². The van der Waals surface area contributed by atoms with Gasteiger partial charge in [-0.25, -0.2) is 4.39 Å². The molecule has 1 rings (SSSR count). The van der Waals surface area contributed by atoms with Gasteiger partial charge in [-0.15, -0.1) is 11.6 Å². The first-order valence-electron chi connectivity index (χ1n) is 4.51. The van der Waals surface area contributed by atoms with E-state index in [1.807, 2.05) is 0 Å². The molecule has 0 radical (unpaired) electrons. The Morgan fingerprint density at radius 1 is 1.53 bits per heavy atom. The van der Waals surface area contributed by atoms with Gasteiger partial charge < -0.3 is 0 Å². The number of carbonyl (C=O) groups excluding carboxylic acids is 1. The predicted molar refractivity (Wildman–Crippen MR) is 58.6 cm³/mol. The number of halogens is 2. The molecule has 1 aromatic rings. The van der Waals surface area contributed by atoms with Crippen LogP contribution in [0.25, 0.3) is 0 Å². The summed E-state index contributed by atoms with van der Waals surface area (Å²) in [5.41, 5.74) is 0.320. The third-order valence-electron chi connectivity index (χ3n) is 1.82. The van der Waals surface area contributed by atoms with Crippen molar-refractivity contribution in [3.05, 3.63) is 35.1 Å². The first-order chi connectivity index (χ1) is 7.16. The summed E-state index contributed by atoms with van der Waals surface area (Å²) < 4.78 is 13.6. The molecule has 0 aliphatic heterocycles. The van der Waals surface area contributed by atoms with Gasteiger partial charge in [-0.1, -0.05) is 17.9 Å². The van der Waals surface area contributed by atoms with Crippen LogP contribution in [0.15, 0.2) is 18.2 Å². The van der Waals surface area contributed by atoms with Gasteiger partial charge in [0.25, 0.3) is 0 Å². The topological polar surface area (TPSA) is 17.1 Å². The molecule has 0 aliphatic rings. The number of carbonyl (C=O) groups is 1. The molecular formula is C12H10ClFO. The summed E-state index contributed by atoms with van der Waals surface area (Å²) in [6, 6.07) is 4.61. The van der Waals surface area contributed by atoms with Gasteiger partial charge in [0, 0.05) is 12.3 Å². The summed E-state index contributed by atoms with van der Waals surface area (Å²) >= 11 is 5.44. The molecule has 0 aliphatic carbocycles. The molecule has 0 aromatic heterocycles. The van der Waals surface area contributed by atoms with Crippen LogP contribution >= 0.6 is 11.6 Å². The van der Waals surface area contributed by atoms with Gasteiger partial charge in [0.1, 0.15) is 5.82 Å². The van der Waals surface area contributed by atoms with Gasteiger partial charge in [-0.05, 0) is 19.1 Å². The molecule has 0 bridgehead atoms. The molecule has 0 N–H and O–H groups in total. The first-order valence-corrected chi connectivity index (χ1v) is 5.04. The summed E-state index contributed by atoms with van der Waals surface area (Å²) in [6.07, 6.45) is 0.505. The maximum atomic E-state index is 13.6. The van der Waals surface area contributed by atoms with Crippen LogP contribution in [0.3, 0.4) is 0 Å². The predicted octanol–water partition coefficient (Wildman–Crippen LogP) is 3.01. The Labute approximate surface area is 93.3 Å². The molecule has 0 saturated heterocycles. The monoisotopic (exact) mass is 224 g/mol. The van der Waals surface area contributed by atoms with Crippen molar-refractivity contribution < 1.29 is 9.18 Å². The van der Waals surface area contributed by atoms with Gasteiger partial charge in [-0.3, -0.25) is 4.79 Å². The van der Waals surface area contributed by atoms with E-state index in [0.717, 1.165) is 0 Å². The number of ketones is 1. The van der Waals surface area contributed by atoms with E-state index in [1.54, 1.807) is 12.1 Å². The van der Waals surface area contributed by atoms with Crippen molar-refractivity contribution in [2.24, 2.45) is 0 Å². The molecule has 0 heterocycles. The summed E-state index contributed by atoms with van der Waals surface area (Å²) in [7, 11) is 0. The normalized spacial score (nSPS) is 9.27. The van der Waals surface area contributed by atoms with Gasteiger partial charge in [0.05, 0.1) is 11.1 Å². The Bertz CT molecular complexity index is 429. The Morgan fingerprint density at radius 3 is 2.87 bits per heavy atom. The van der Waals surface area contributed by atoms with Crippen molar-refractivity contribution in [1.29, 1.82) is 0 Å². The molecule has 0 unspecified atom stereocenters. The third-order valence-corrected chi connectivity index (χ3v) is 2.01. The lowest BCUT2D eigenvalue weighted by molar-refractivity contribution is 0.101. The van der Waals surface area contributed by atoms with E-state index >= 15 is 0 Å². The van der Waals surface area contributed by atoms with Gasteiger partial charge in [0.15, 0.2) is 5.78 Å². The minimum Gasteiger partial charge on any atom is -0.294 e. The Balaban J connectivity index is 3.06. The Morgan fingerprint density at radius 2 is 2.27 bits per heavy atom. The average Bonchev–Trinajstić information content (AvgIpc) is 2.20. The lowest BCUT2D eigenvalue weighted by Gasteiger charge is -1.99. The smallest absolute Gasteiger partial charge is 0.162 e. The second-order valence-corrected chi connectivity index (χ2v) is 3.34. The van der Waals surface area contributed by atoms with Crippen LogP contribution in [0, 0.1) is 17.7 Å². The van der Waals surface area contributed by atoms with Crippen molar-refractivity contribution >= 4 is 17.4 Å². The number of Topliss-reactive ketones (excluding diaryl/α,β-unsaturated/α-hetero) is 1. The SMILES string of the molecule is CC(=O)c1cccc(C#CCCCl)c1F. The zero-order valence-corrected chi connectivity index (χ0v) is 9.07. The van der Waals surface area contributed by atoms with E-state index in [4.69, 9.17) is 11.6 Å². The number of hydrogen-bond donors (Lipinski definition) is 0. The van der Waals surface area contributed by atoms with Crippen LogP contribution in [0.4, 0.5) is 4.39 Å². The van der Waals surface area contributed by atoms with Gasteiger partial charge in [0.2, 0.25) is 0 Å². The lowest BCUT2D eigenvalue weighted by Crippen LogP contribution is -1.98. The summed E-state index contributed by atoms with van der Waals surface area (Å²) in [5.74, 6) is 4.94. The number of alkyl halides is 1. The van der Waals surface area contributed by atoms with E-state index < -0.39 is 5.82 Å². The molecule has 1 aromatic carbocycles. The maximum Gasteiger partial charge on any atom is 0.162 e. The molecule has 0 spiro atoms. The molecule has 3 heteroatoms. The zero-order chi connectivity index (χ0) is 11.3. The van der Waals surface area contributed by atoms with Crippen LogP contribution in [0.1, 0.15) is 29.3 Å². The van der Waals surface area contributed by atoms with Crippen LogP contribution in [0.2, 0.25) is 0 Å². The Kier molecular flexibility index (Phi) is 4.33. The lowest BCUT2D eigenvalue weighted by atomic mass is 10.1. The van der Waals surface area contributed by atoms with Crippen molar-refractivity contribution in [3.8, 4) is 11.8 Å². The number of benzene rings is 1. The van der Waals surface area contributed by atoms with E-state index in [2.05, 4.69) is 11.8 Å². The minimum absolute atomic E-state index is 0.0765. The maximum absolute atomic E-state index is 13.6. The van der Waals surface area contributed by atoms with E-state index in [9.17, 15) is 9.18 Å². The molecule has 15 heavy (non-hydrogen) atoms. The highest BCUT2D eigenvalue weighted by atomic mass is 35.5. The quantitative estimate of drug-likeness (QED) is 0.429. The third kappa shape index (κ3) is 3.07. The second-order valence-electron chi connectivity index (χ2n) is 2.96. The molecule has 0 fully saturated rings. The molecule has 0 saturated carbocycles. The fourth-order valence-electron chi connectivity index (χ4n) is 1.11. The highest BCUT2D eigenvalue weighted by molar-refractivity contribution is 6.18. The minimum atomic E-state index is -0.549. The van der Waals surface area contributed by atoms with Gasteiger partial charge in [-0.2, -0.15) is 0 Å². The molecule has 1 nitrogen and oxygen atoms in total. The van der Waals surface area contributed by atoms with Gasteiger partial charge >= 0.3 is 0 Å². The summed E-state index contributed by atoms with van der Waals surface area (Å²) in [6.45, 7) is 1.33. The van der Waals surface area contributed by atoms with Crippen LogP contribution in [-0.2, 0) is 0 Å². The fraction of sp³-hybridized carbons (Fsp3) is 0.250. The van der Waals surface area contributed by atoms with Crippen molar-refractivity contribution in [2.45, 2.75) is 13.3 Å². The summed E-state index contributed by atoms with van der Waals surface area (Å²) in [5, 5.41) is 0.